The summed E-state index contributed by atoms with van der Waals surface area (Å²) in [6, 6.07) is 8.18. The summed E-state index contributed by atoms with van der Waals surface area (Å²) < 4.78 is 49.2. The monoisotopic (exact) mass is 471 g/mol. The molecular formula is C18H22FN5O7S. The van der Waals surface area contributed by atoms with Crippen molar-refractivity contribution in [1.29, 1.82) is 0 Å². The molecule has 0 aromatic heterocycles. The summed E-state index contributed by atoms with van der Waals surface area (Å²) in [5.74, 6) is -0.333. The molecule has 0 aliphatic carbocycles. The van der Waals surface area contributed by atoms with Crippen molar-refractivity contribution in [3.05, 3.63) is 63.5 Å². The van der Waals surface area contributed by atoms with Crippen LogP contribution in [0.1, 0.15) is 17.5 Å². The van der Waals surface area contributed by atoms with Crippen LogP contribution in [0.4, 0.5) is 4.39 Å². The molecule has 174 valence electrons. The first-order chi connectivity index (χ1) is 14.9. The van der Waals surface area contributed by atoms with Gasteiger partial charge in [-0.1, -0.05) is 6.07 Å². The highest BCUT2D eigenvalue weighted by atomic mass is 32.2. The molecule has 5 N–H and O–H groups in total. The summed E-state index contributed by atoms with van der Waals surface area (Å²) in [5, 5.41) is 20.7. The van der Waals surface area contributed by atoms with Crippen molar-refractivity contribution in [3.63, 3.8) is 0 Å². The SMILES string of the molecule is Cc1cc(OCC/C=N\N=C(N)N)cc(OS(=O)(=O)c2cc(F)ccc2C)c1.O=[N+]([O-])O. The Morgan fingerprint density at radius 2 is 1.84 bits per heavy atom. The van der Waals surface area contributed by atoms with Gasteiger partial charge in [-0.15, -0.1) is 15.2 Å². The third-order valence-corrected chi connectivity index (χ3v) is 4.81. The number of benzene rings is 2. The lowest BCUT2D eigenvalue weighted by Gasteiger charge is -2.12. The lowest BCUT2D eigenvalue weighted by atomic mass is 10.2. The lowest BCUT2D eigenvalue weighted by molar-refractivity contribution is -0.742. The van der Waals surface area contributed by atoms with Crippen molar-refractivity contribution in [2.24, 2.45) is 21.7 Å². The molecule has 32 heavy (non-hydrogen) atoms. The summed E-state index contributed by atoms with van der Waals surface area (Å²) in [5.41, 5.74) is 11.4. The topological polar surface area (TPSA) is 193 Å². The molecule has 14 heteroatoms. The quantitative estimate of drug-likeness (QED) is 0.129. The minimum atomic E-state index is -4.20. The Bertz CT molecular complexity index is 1100. The molecule has 0 spiro atoms. The van der Waals surface area contributed by atoms with Gasteiger partial charge in [0.05, 0.1) is 6.61 Å². The van der Waals surface area contributed by atoms with E-state index in [-0.39, 0.29) is 23.2 Å². The predicted molar refractivity (Wildman–Crippen MR) is 113 cm³/mol. The van der Waals surface area contributed by atoms with Gasteiger partial charge in [0.1, 0.15) is 22.2 Å². The van der Waals surface area contributed by atoms with Gasteiger partial charge in [-0.05, 0) is 49.2 Å². The van der Waals surface area contributed by atoms with Gasteiger partial charge in [0, 0.05) is 18.7 Å². The lowest BCUT2D eigenvalue weighted by Crippen LogP contribution is -2.21. The molecule has 0 fully saturated rings. The Kier molecular flexibility index (Phi) is 9.82. The molecule has 0 atom stereocenters. The van der Waals surface area contributed by atoms with E-state index in [9.17, 15) is 12.8 Å². The second kappa shape index (κ2) is 12.0. The van der Waals surface area contributed by atoms with Crippen LogP contribution in [-0.4, -0.2) is 37.5 Å². The maximum atomic E-state index is 13.4. The van der Waals surface area contributed by atoms with Crippen molar-refractivity contribution in [1.82, 2.24) is 0 Å². The van der Waals surface area contributed by atoms with E-state index in [1.165, 1.54) is 24.4 Å². The molecule has 0 heterocycles. The van der Waals surface area contributed by atoms with Gasteiger partial charge in [0.15, 0.2) is 0 Å². The molecule has 0 aliphatic rings. The van der Waals surface area contributed by atoms with Crippen molar-refractivity contribution >= 4 is 22.3 Å². The van der Waals surface area contributed by atoms with E-state index in [0.29, 0.717) is 17.7 Å². The first-order valence-electron chi connectivity index (χ1n) is 8.79. The molecule has 2 aromatic rings. The van der Waals surface area contributed by atoms with E-state index in [1.807, 2.05) is 0 Å². The second-order valence-electron chi connectivity index (χ2n) is 6.13. The fraction of sp³-hybridized carbons (Fsp3) is 0.222. The fourth-order valence-electron chi connectivity index (χ4n) is 2.25. The molecule has 0 amide bonds. The zero-order chi connectivity index (χ0) is 24.3. The zero-order valence-electron chi connectivity index (χ0n) is 17.1. The largest absolute Gasteiger partial charge is 0.493 e. The van der Waals surface area contributed by atoms with E-state index in [4.69, 9.17) is 35.7 Å². The first kappa shape index (κ1) is 26.1. The number of rotatable bonds is 8. The molecule has 2 rings (SSSR count). The van der Waals surface area contributed by atoms with Crippen molar-refractivity contribution in [3.8, 4) is 11.5 Å². The molecule has 0 unspecified atom stereocenters. The number of nitrogens with two attached hydrogens (primary N) is 2. The number of hydrogen-bond donors (Lipinski definition) is 3. The highest BCUT2D eigenvalue weighted by Gasteiger charge is 2.20. The molecule has 0 saturated carbocycles. The van der Waals surface area contributed by atoms with Crippen LogP contribution >= 0.6 is 0 Å². The maximum absolute atomic E-state index is 13.4. The number of ether oxygens (including phenoxy) is 1. The normalized spacial score (nSPS) is 10.7. The maximum Gasteiger partial charge on any atom is 0.339 e. The van der Waals surface area contributed by atoms with Gasteiger partial charge in [-0.2, -0.15) is 13.5 Å². The Morgan fingerprint density at radius 1 is 1.22 bits per heavy atom. The van der Waals surface area contributed by atoms with Crippen LogP contribution in [0.5, 0.6) is 11.5 Å². The van der Waals surface area contributed by atoms with E-state index in [1.54, 1.807) is 26.0 Å². The molecule has 0 aliphatic heterocycles. The highest BCUT2D eigenvalue weighted by molar-refractivity contribution is 7.87. The second-order valence-corrected chi connectivity index (χ2v) is 7.64. The average molecular weight is 471 g/mol. The van der Waals surface area contributed by atoms with Crippen LogP contribution in [0.2, 0.25) is 0 Å². The third kappa shape index (κ3) is 9.71. The van der Waals surface area contributed by atoms with E-state index in [0.717, 1.165) is 11.6 Å². The van der Waals surface area contributed by atoms with Crippen LogP contribution in [0.3, 0.4) is 0 Å². The van der Waals surface area contributed by atoms with Crippen molar-refractivity contribution < 1.29 is 32.0 Å². The fourth-order valence-corrected chi connectivity index (χ4v) is 3.41. The number of aryl methyl sites for hydroxylation is 2. The zero-order valence-corrected chi connectivity index (χ0v) is 18.0. The van der Waals surface area contributed by atoms with Crippen LogP contribution in [0.25, 0.3) is 0 Å². The van der Waals surface area contributed by atoms with Gasteiger partial charge < -0.3 is 25.6 Å². The Labute approximate surface area is 183 Å². The first-order valence-corrected chi connectivity index (χ1v) is 10.2. The predicted octanol–water partition coefficient (Wildman–Crippen LogP) is 1.89. The summed E-state index contributed by atoms with van der Waals surface area (Å²) in [6.07, 6.45) is 1.91. The van der Waals surface area contributed by atoms with Crippen molar-refractivity contribution in [2.75, 3.05) is 6.61 Å². The molecule has 0 bridgehead atoms. The van der Waals surface area contributed by atoms with Crippen LogP contribution in [-0.2, 0) is 10.1 Å². The number of nitrogens with zero attached hydrogens (tertiary/aromatic N) is 3. The molecular weight excluding hydrogens is 449 g/mol. The molecule has 12 nitrogen and oxygen atoms in total. The van der Waals surface area contributed by atoms with Gasteiger partial charge in [0.2, 0.25) is 5.96 Å². The van der Waals surface area contributed by atoms with Gasteiger partial charge in [0.25, 0.3) is 5.09 Å². The summed E-state index contributed by atoms with van der Waals surface area (Å²) in [4.78, 5) is 8.13. The Morgan fingerprint density at radius 3 is 2.47 bits per heavy atom. The van der Waals surface area contributed by atoms with Crippen molar-refractivity contribution in [2.45, 2.75) is 25.2 Å². The van der Waals surface area contributed by atoms with Crippen LogP contribution in [0.15, 0.2) is 51.5 Å². The van der Waals surface area contributed by atoms with E-state index >= 15 is 0 Å². The number of halogens is 1. The van der Waals surface area contributed by atoms with Gasteiger partial charge >= 0.3 is 10.1 Å². The van der Waals surface area contributed by atoms with Crippen LogP contribution in [0, 0.1) is 29.8 Å². The Balaban J connectivity index is 0.00000118. The number of guanidine groups is 1. The van der Waals surface area contributed by atoms with Crippen LogP contribution < -0.4 is 20.4 Å². The summed E-state index contributed by atoms with van der Waals surface area (Å²) in [7, 11) is -4.20. The average Bonchev–Trinajstić information content (AvgIpc) is 2.65. The standard InChI is InChI=1S/C18H21FN4O4S.HNO3/c1-12-8-15(26-7-3-6-22-23-18(20)21)11-16(9-12)27-28(24,25)17-10-14(19)5-4-13(17)2;2-1(3)4/h4-6,8-11H,3,7H2,1-2H3,(H4,20,21,23);(H,2,3,4)/b22-6-;. The van der Waals surface area contributed by atoms with Gasteiger partial charge in [-0.25, -0.2) is 4.39 Å². The molecule has 0 radical (unpaired) electrons. The minimum Gasteiger partial charge on any atom is -0.493 e. The molecule has 2 aromatic carbocycles. The minimum absolute atomic E-state index is 0.0628. The van der Waals surface area contributed by atoms with E-state index < -0.39 is 21.0 Å². The van der Waals surface area contributed by atoms with E-state index in [2.05, 4.69) is 10.2 Å². The smallest absolute Gasteiger partial charge is 0.339 e. The van der Waals surface area contributed by atoms with Gasteiger partial charge in [-0.3, -0.25) is 0 Å². The third-order valence-electron chi connectivity index (χ3n) is 3.42. The number of hydrogen-bond acceptors (Lipinski definition) is 8. The summed E-state index contributed by atoms with van der Waals surface area (Å²) >= 11 is 0. The Hall–Kier alpha value is -3.94. The summed E-state index contributed by atoms with van der Waals surface area (Å²) in [6.45, 7) is 3.59. The molecule has 0 saturated heterocycles. The highest BCUT2D eigenvalue weighted by Crippen LogP contribution is 2.27.